The van der Waals surface area contributed by atoms with Gasteiger partial charge in [-0.05, 0) is 17.7 Å². The molecule has 0 saturated heterocycles. The van der Waals surface area contributed by atoms with E-state index in [-0.39, 0.29) is 12.5 Å². The Morgan fingerprint density at radius 3 is 2.79 bits per heavy atom. The van der Waals surface area contributed by atoms with Gasteiger partial charge in [0, 0.05) is 12.7 Å². The first-order valence-electron chi connectivity index (χ1n) is 5.93. The maximum absolute atomic E-state index is 11.5. The molecule has 0 saturated carbocycles. The molecule has 0 atom stereocenters. The third kappa shape index (κ3) is 4.11. The fourth-order valence-corrected chi connectivity index (χ4v) is 1.50. The zero-order valence-electron chi connectivity index (χ0n) is 10.4. The lowest BCUT2D eigenvalue weighted by molar-refractivity contribution is -0.123. The van der Waals surface area contributed by atoms with E-state index < -0.39 is 0 Å². The van der Waals surface area contributed by atoms with Gasteiger partial charge in [0.2, 0.25) is 0 Å². The molecule has 1 aromatic heterocycles. The highest BCUT2D eigenvalue weighted by Crippen LogP contribution is 2.11. The van der Waals surface area contributed by atoms with Crippen LogP contribution >= 0.6 is 0 Å². The van der Waals surface area contributed by atoms with Gasteiger partial charge in [0.05, 0.1) is 18.6 Å². The molecule has 0 radical (unpaired) electrons. The average molecular weight is 260 g/mol. The molecule has 0 aliphatic heterocycles. The van der Waals surface area contributed by atoms with E-state index in [1.54, 1.807) is 24.7 Å². The standard InChI is InChI=1S/C13H16N4O2/c14-5-10-1-3-12(4-2-10)19-8-13(18)16-7-11-6-15-9-17-11/h1-4,6,9H,5,7-8,14H2,(H,15,17)(H,16,18). The highest BCUT2D eigenvalue weighted by atomic mass is 16.5. The maximum atomic E-state index is 11.5. The smallest absolute Gasteiger partial charge is 0.258 e. The molecule has 4 N–H and O–H groups in total. The zero-order valence-corrected chi connectivity index (χ0v) is 10.4. The highest BCUT2D eigenvalue weighted by Gasteiger charge is 2.03. The van der Waals surface area contributed by atoms with E-state index >= 15 is 0 Å². The molecule has 0 aliphatic rings. The van der Waals surface area contributed by atoms with Crippen molar-refractivity contribution < 1.29 is 9.53 Å². The molecule has 0 unspecified atom stereocenters. The number of ether oxygens (including phenoxy) is 1. The quantitative estimate of drug-likeness (QED) is 0.707. The summed E-state index contributed by atoms with van der Waals surface area (Å²) in [4.78, 5) is 18.3. The van der Waals surface area contributed by atoms with Gasteiger partial charge in [0.1, 0.15) is 5.75 Å². The second-order valence-electron chi connectivity index (χ2n) is 3.99. The molecule has 6 heteroatoms. The molecule has 0 fully saturated rings. The molecule has 2 aromatic rings. The Labute approximate surface area is 111 Å². The van der Waals surface area contributed by atoms with Crippen LogP contribution in [-0.2, 0) is 17.9 Å². The average Bonchev–Trinajstić information content (AvgIpc) is 2.96. The summed E-state index contributed by atoms with van der Waals surface area (Å²) in [6.45, 7) is 0.884. The van der Waals surface area contributed by atoms with E-state index in [0.717, 1.165) is 11.3 Å². The number of aromatic amines is 1. The van der Waals surface area contributed by atoms with Crippen LogP contribution in [0.15, 0.2) is 36.8 Å². The SMILES string of the molecule is NCc1ccc(OCC(=O)NCc2cnc[nH]2)cc1. The van der Waals surface area contributed by atoms with Crippen molar-refractivity contribution in [3.63, 3.8) is 0 Å². The Balaban J connectivity index is 1.73. The van der Waals surface area contributed by atoms with Crippen molar-refractivity contribution in [1.29, 1.82) is 0 Å². The Kier molecular flexibility index (Phi) is 4.52. The van der Waals surface area contributed by atoms with Crippen LogP contribution in [0.2, 0.25) is 0 Å². The molecule has 100 valence electrons. The first-order valence-corrected chi connectivity index (χ1v) is 5.93. The lowest BCUT2D eigenvalue weighted by atomic mass is 10.2. The van der Waals surface area contributed by atoms with Gasteiger partial charge in [-0.3, -0.25) is 4.79 Å². The molecular weight excluding hydrogens is 244 g/mol. The fourth-order valence-electron chi connectivity index (χ4n) is 1.50. The third-order valence-corrected chi connectivity index (χ3v) is 2.56. The number of H-pyrrole nitrogens is 1. The van der Waals surface area contributed by atoms with Gasteiger partial charge in [0.25, 0.3) is 5.91 Å². The summed E-state index contributed by atoms with van der Waals surface area (Å²) >= 11 is 0. The summed E-state index contributed by atoms with van der Waals surface area (Å²) in [7, 11) is 0. The minimum Gasteiger partial charge on any atom is -0.484 e. The Hall–Kier alpha value is -2.34. The monoisotopic (exact) mass is 260 g/mol. The van der Waals surface area contributed by atoms with Gasteiger partial charge in [-0.25, -0.2) is 4.98 Å². The zero-order chi connectivity index (χ0) is 13.5. The molecule has 1 aromatic carbocycles. The molecule has 0 aliphatic carbocycles. The van der Waals surface area contributed by atoms with Gasteiger partial charge >= 0.3 is 0 Å². The van der Waals surface area contributed by atoms with Crippen LogP contribution in [0.5, 0.6) is 5.75 Å². The van der Waals surface area contributed by atoms with Crippen molar-refractivity contribution in [2.75, 3.05) is 6.61 Å². The van der Waals surface area contributed by atoms with Crippen LogP contribution in [0.4, 0.5) is 0 Å². The van der Waals surface area contributed by atoms with Crippen LogP contribution in [0.25, 0.3) is 0 Å². The van der Waals surface area contributed by atoms with Crippen molar-refractivity contribution in [1.82, 2.24) is 15.3 Å². The highest BCUT2D eigenvalue weighted by molar-refractivity contribution is 5.77. The minimum absolute atomic E-state index is 0.0177. The molecule has 0 bridgehead atoms. The van der Waals surface area contributed by atoms with Crippen molar-refractivity contribution in [3.8, 4) is 5.75 Å². The number of hydrogen-bond donors (Lipinski definition) is 3. The molecule has 1 heterocycles. The second kappa shape index (κ2) is 6.55. The molecule has 1 amide bonds. The Bertz CT molecular complexity index is 508. The predicted octanol–water partition coefficient (Wildman–Crippen LogP) is 0.564. The normalized spacial score (nSPS) is 10.2. The lowest BCUT2D eigenvalue weighted by Crippen LogP contribution is -2.28. The molecule has 2 rings (SSSR count). The summed E-state index contributed by atoms with van der Waals surface area (Å²) in [5.74, 6) is 0.464. The molecule has 6 nitrogen and oxygen atoms in total. The van der Waals surface area contributed by atoms with Gasteiger partial charge in [-0.1, -0.05) is 12.1 Å². The Morgan fingerprint density at radius 1 is 1.37 bits per heavy atom. The van der Waals surface area contributed by atoms with Crippen molar-refractivity contribution >= 4 is 5.91 Å². The van der Waals surface area contributed by atoms with Gasteiger partial charge < -0.3 is 20.8 Å². The summed E-state index contributed by atoms with van der Waals surface area (Å²) in [5, 5.41) is 2.72. The topological polar surface area (TPSA) is 93.0 Å². The first kappa shape index (κ1) is 13.1. The van der Waals surface area contributed by atoms with Crippen LogP contribution in [0.3, 0.4) is 0 Å². The van der Waals surface area contributed by atoms with E-state index in [9.17, 15) is 4.79 Å². The fraction of sp³-hybridized carbons (Fsp3) is 0.231. The summed E-state index contributed by atoms with van der Waals surface area (Å²) < 4.78 is 5.36. The van der Waals surface area contributed by atoms with Crippen LogP contribution in [-0.4, -0.2) is 22.5 Å². The van der Waals surface area contributed by atoms with Crippen molar-refractivity contribution in [2.45, 2.75) is 13.1 Å². The molecule has 0 spiro atoms. The van der Waals surface area contributed by atoms with Crippen LogP contribution < -0.4 is 15.8 Å². The maximum Gasteiger partial charge on any atom is 0.258 e. The van der Waals surface area contributed by atoms with Gasteiger partial charge in [0.15, 0.2) is 6.61 Å². The number of amides is 1. The number of aromatic nitrogens is 2. The summed E-state index contributed by atoms with van der Waals surface area (Å²) in [6.07, 6.45) is 3.23. The number of benzene rings is 1. The largest absolute Gasteiger partial charge is 0.484 e. The number of nitrogens with zero attached hydrogens (tertiary/aromatic N) is 1. The summed E-state index contributed by atoms with van der Waals surface area (Å²) in [5.41, 5.74) is 7.37. The number of rotatable bonds is 6. The first-order chi connectivity index (χ1) is 9.28. The van der Waals surface area contributed by atoms with Crippen LogP contribution in [0.1, 0.15) is 11.3 Å². The van der Waals surface area contributed by atoms with Crippen molar-refractivity contribution in [2.24, 2.45) is 5.73 Å². The summed E-state index contributed by atoms with van der Waals surface area (Å²) in [6, 6.07) is 7.34. The van der Waals surface area contributed by atoms with E-state index in [1.807, 2.05) is 12.1 Å². The van der Waals surface area contributed by atoms with E-state index in [1.165, 1.54) is 0 Å². The number of nitrogens with one attached hydrogen (secondary N) is 2. The minimum atomic E-state index is -0.183. The molecule has 19 heavy (non-hydrogen) atoms. The number of nitrogens with two attached hydrogens (primary N) is 1. The third-order valence-electron chi connectivity index (χ3n) is 2.56. The van der Waals surface area contributed by atoms with Gasteiger partial charge in [-0.15, -0.1) is 0 Å². The Morgan fingerprint density at radius 2 is 2.16 bits per heavy atom. The van der Waals surface area contributed by atoms with Crippen molar-refractivity contribution in [3.05, 3.63) is 48.0 Å². The number of imidazole rings is 1. The predicted molar refractivity (Wildman–Crippen MR) is 70.3 cm³/mol. The lowest BCUT2D eigenvalue weighted by Gasteiger charge is -2.07. The van der Waals surface area contributed by atoms with Gasteiger partial charge in [-0.2, -0.15) is 0 Å². The van der Waals surface area contributed by atoms with Crippen LogP contribution in [0, 0.1) is 0 Å². The number of hydrogen-bond acceptors (Lipinski definition) is 4. The molecular formula is C13H16N4O2. The second-order valence-corrected chi connectivity index (χ2v) is 3.99. The van der Waals surface area contributed by atoms with E-state index in [0.29, 0.717) is 18.8 Å². The van der Waals surface area contributed by atoms with E-state index in [2.05, 4.69) is 15.3 Å². The number of carbonyl (C=O) groups is 1. The van der Waals surface area contributed by atoms with E-state index in [4.69, 9.17) is 10.5 Å². The number of carbonyl (C=O) groups excluding carboxylic acids is 1.